The van der Waals surface area contributed by atoms with Gasteiger partial charge in [0, 0.05) is 25.1 Å². The smallest absolute Gasteiger partial charge is 0.313 e. The Morgan fingerprint density at radius 3 is 2.92 bits per heavy atom. The first-order valence-corrected chi connectivity index (χ1v) is 9.81. The number of halogens is 1. The molecule has 3 heterocycles. The van der Waals surface area contributed by atoms with Crippen molar-refractivity contribution in [2.24, 2.45) is 12.5 Å². The first-order chi connectivity index (χ1) is 11.9. The number of carbonyl (C=O) groups excluding carboxylic acids is 2. The number of aryl methyl sites for hydroxylation is 1. The third-order valence-electron chi connectivity index (χ3n) is 4.10. The van der Waals surface area contributed by atoms with Crippen LogP contribution in [0.2, 0.25) is 0 Å². The van der Waals surface area contributed by atoms with E-state index in [0.717, 1.165) is 0 Å². The topological polar surface area (TPSA) is 130 Å². The molecule has 2 fully saturated rings. The zero-order chi connectivity index (χ0) is 18.2. The molecule has 2 saturated heterocycles. The Kier molecular flexibility index (Phi) is 5.11. The van der Waals surface area contributed by atoms with Crippen molar-refractivity contribution in [3.8, 4) is 0 Å². The summed E-state index contributed by atoms with van der Waals surface area (Å²) in [5.74, 6) is -1.33. The lowest BCUT2D eigenvalue weighted by Crippen LogP contribution is -2.74. The van der Waals surface area contributed by atoms with Crippen LogP contribution in [0.25, 0.3) is 0 Å². The van der Waals surface area contributed by atoms with Gasteiger partial charge >= 0.3 is 5.97 Å². The second-order valence-corrected chi connectivity index (χ2v) is 8.12. The van der Waals surface area contributed by atoms with Crippen LogP contribution in [0, 0.1) is 5.41 Å². The van der Waals surface area contributed by atoms with Gasteiger partial charge in [-0.2, -0.15) is 0 Å². The minimum atomic E-state index is -1.10. The van der Waals surface area contributed by atoms with E-state index < -0.39 is 23.3 Å². The zero-order valence-electron chi connectivity index (χ0n) is 13.1. The van der Waals surface area contributed by atoms with Crippen LogP contribution in [0.4, 0.5) is 0 Å². The van der Waals surface area contributed by atoms with E-state index >= 15 is 0 Å². The highest BCUT2D eigenvalue weighted by Gasteiger charge is 2.57. The predicted octanol–water partition coefficient (Wildman–Crippen LogP) is -0.988. The first kappa shape index (κ1) is 18.3. The number of carboxylic acids is 1. The van der Waals surface area contributed by atoms with Crippen LogP contribution in [-0.2, 0) is 21.4 Å². The van der Waals surface area contributed by atoms with Crippen LogP contribution in [0.3, 0.4) is 0 Å². The molecule has 0 aliphatic carbocycles. The molecular weight excluding hydrogens is 392 g/mol. The van der Waals surface area contributed by atoms with E-state index in [4.69, 9.17) is 11.6 Å². The lowest BCUT2D eigenvalue weighted by atomic mass is 9.89. The van der Waals surface area contributed by atoms with Crippen molar-refractivity contribution >= 4 is 52.9 Å². The molecule has 2 N–H and O–H groups in total. The highest BCUT2D eigenvalue weighted by atomic mass is 35.5. The molecule has 3 atom stereocenters. The Morgan fingerprint density at radius 2 is 2.32 bits per heavy atom. The summed E-state index contributed by atoms with van der Waals surface area (Å²) in [4.78, 5) is 37.1. The molecule has 2 unspecified atom stereocenters. The maximum atomic E-state index is 12.3. The van der Waals surface area contributed by atoms with Crippen LogP contribution < -0.4 is 5.32 Å². The van der Waals surface area contributed by atoms with Crippen LogP contribution in [0.1, 0.15) is 0 Å². The van der Waals surface area contributed by atoms with E-state index in [1.165, 1.54) is 33.1 Å². The van der Waals surface area contributed by atoms with E-state index in [1.807, 2.05) is 0 Å². The lowest BCUT2D eigenvalue weighted by Gasteiger charge is -2.53. The number of nitrogens with one attached hydrogen (secondary N) is 1. The average Bonchev–Trinajstić information content (AvgIpc) is 3.02. The van der Waals surface area contributed by atoms with Crippen LogP contribution in [0.5, 0.6) is 0 Å². The number of carboxylic acid groups (broad SMARTS) is 1. The molecule has 1 aromatic heterocycles. The summed E-state index contributed by atoms with van der Waals surface area (Å²) in [6.07, 6.45) is 0. The molecule has 2 aliphatic heterocycles. The quantitative estimate of drug-likeness (QED) is 0.347. The van der Waals surface area contributed by atoms with Crippen molar-refractivity contribution in [1.82, 2.24) is 30.4 Å². The van der Waals surface area contributed by atoms with Crippen LogP contribution in [-0.4, -0.2) is 83.3 Å². The lowest BCUT2D eigenvalue weighted by molar-refractivity contribution is -0.157. The van der Waals surface area contributed by atoms with Gasteiger partial charge < -0.3 is 15.3 Å². The van der Waals surface area contributed by atoms with Gasteiger partial charge in [-0.05, 0) is 10.4 Å². The van der Waals surface area contributed by atoms with E-state index in [1.54, 1.807) is 7.05 Å². The SMILES string of the molecule is Cn1nnnc1SCC1(C(=O)O)CS[C@@H]2C(NC(=O)CCl)C(=O)N2C1. The molecule has 13 heteroatoms. The Morgan fingerprint density at radius 1 is 1.56 bits per heavy atom. The summed E-state index contributed by atoms with van der Waals surface area (Å²) in [5.41, 5.74) is -1.10. The summed E-state index contributed by atoms with van der Waals surface area (Å²) < 4.78 is 1.46. The normalized spacial score (nSPS) is 28.2. The molecule has 0 radical (unpaired) electrons. The number of β-lactam (4-membered cyclic amide) rings is 1. The third-order valence-corrected chi connectivity index (χ3v) is 7.23. The number of aliphatic carboxylic acids is 1. The van der Waals surface area contributed by atoms with Gasteiger partial charge in [0.05, 0.1) is 0 Å². The van der Waals surface area contributed by atoms with Gasteiger partial charge in [-0.25, -0.2) is 4.68 Å². The molecule has 3 rings (SSSR count). The summed E-state index contributed by atoms with van der Waals surface area (Å²) in [7, 11) is 1.67. The van der Waals surface area contributed by atoms with Gasteiger partial charge in [0.15, 0.2) is 0 Å². The Bertz CT molecular complexity index is 718. The largest absolute Gasteiger partial charge is 0.481 e. The number of carbonyl (C=O) groups is 3. The van der Waals surface area contributed by atoms with Crippen LogP contribution >= 0.6 is 35.1 Å². The molecule has 2 amide bonds. The van der Waals surface area contributed by atoms with Gasteiger partial charge in [0.2, 0.25) is 17.0 Å². The summed E-state index contributed by atoms with van der Waals surface area (Å²) in [5, 5.41) is 23.6. The molecule has 0 spiro atoms. The number of hydrogen-bond acceptors (Lipinski definition) is 8. The van der Waals surface area contributed by atoms with Crippen molar-refractivity contribution < 1.29 is 19.5 Å². The predicted molar refractivity (Wildman–Crippen MR) is 90.2 cm³/mol. The van der Waals surface area contributed by atoms with E-state index in [2.05, 4.69) is 20.8 Å². The van der Waals surface area contributed by atoms with Gasteiger partial charge in [-0.15, -0.1) is 28.5 Å². The highest BCUT2D eigenvalue weighted by Crippen LogP contribution is 2.44. The minimum Gasteiger partial charge on any atom is -0.481 e. The van der Waals surface area contributed by atoms with Crippen molar-refractivity contribution in [1.29, 1.82) is 0 Å². The Balaban J connectivity index is 1.68. The maximum absolute atomic E-state index is 12.3. The highest BCUT2D eigenvalue weighted by molar-refractivity contribution is 8.00. The zero-order valence-corrected chi connectivity index (χ0v) is 15.5. The fourth-order valence-electron chi connectivity index (χ4n) is 2.66. The molecule has 0 saturated carbocycles. The Labute approximate surface area is 156 Å². The molecule has 136 valence electrons. The fourth-order valence-corrected chi connectivity index (χ4v) is 5.45. The maximum Gasteiger partial charge on any atom is 0.313 e. The number of amides is 2. The number of thioether (sulfide) groups is 2. The number of rotatable bonds is 6. The third kappa shape index (κ3) is 3.29. The van der Waals surface area contributed by atoms with Gasteiger partial charge in [-0.1, -0.05) is 11.8 Å². The number of hydrogen-bond donors (Lipinski definition) is 2. The molecule has 0 bridgehead atoms. The summed E-state index contributed by atoms with van der Waals surface area (Å²) in [6, 6.07) is -0.640. The number of aromatic nitrogens is 4. The summed E-state index contributed by atoms with van der Waals surface area (Å²) in [6.45, 7) is 0.0877. The molecule has 1 aromatic rings. The second kappa shape index (κ2) is 7.00. The van der Waals surface area contributed by atoms with Crippen molar-refractivity contribution in [2.45, 2.75) is 16.6 Å². The fraction of sp³-hybridized carbons (Fsp3) is 0.667. The second-order valence-electron chi connectivity index (χ2n) is 5.81. The first-order valence-electron chi connectivity index (χ1n) is 7.24. The van der Waals surface area contributed by atoms with E-state index in [0.29, 0.717) is 10.9 Å². The number of nitrogens with zero attached hydrogens (tertiary/aromatic N) is 5. The molecule has 10 nitrogen and oxygen atoms in total. The molecule has 0 aromatic carbocycles. The standard InChI is InChI=1S/C12H15ClN6O4S2/c1-18-11(15-16-17-18)25-5-12(10(22)23)3-19-8(21)7(9(19)24-4-12)14-6(20)2-13/h7,9H,2-5H2,1H3,(H,14,20)(H,22,23)/t7?,9-,12?/m1/s1. The van der Waals surface area contributed by atoms with Crippen molar-refractivity contribution in [2.75, 3.05) is 23.9 Å². The monoisotopic (exact) mass is 406 g/mol. The molecule has 25 heavy (non-hydrogen) atoms. The van der Waals surface area contributed by atoms with Gasteiger partial charge in [0.25, 0.3) is 0 Å². The van der Waals surface area contributed by atoms with E-state index in [9.17, 15) is 19.5 Å². The van der Waals surface area contributed by atoms with Crippen LogP contribution in [0.15, 0.2) is 5.16 Å². The number of alkyl halides is 1. The van der Waals surface area contributed by atoms with E-state index in [-0.39, 0.29) is 29.5 Å². The Hall–Kier alpha value is -1.53. The van der Waals surface area contributed by atoms with Gasteiger partial charge in [0.1, 0.15) is 22.7 Å². The molecular formula is C12H15ClN6O4S2. The van der Waals surface area contributed by atoms with Crippen molar-refractivity contribution in [3.63, 3.8) is 0 Å². The minimum absolute atomic E-state index is 0.0877. The number of tetrazole rings is 1. The molecule has 2 aliphatic rings. The average molecular weight is 407 g/mol. The number of fused-ring (bicyclic) bond motifs is 1. The van der Waals surface area contributed by atoms with Gasteiger partial charge in [-0.3, -0.25) is 14.4 Å². The summed E-state index contributed by atoms with van der Waals surface area (Å²) >= 11 is 8.03. The van der Waals surface area contributed by atoms with Crippen molar-refractivity contribution in [3.05, 3.63) is 0 Å².